The molecule has 0 radical (unpaired) electrons. The molecule has 1 aliphatic carbocycles. The molecule has 2 unspecified atom stereocenters. The smallest absolute Gasteiger partial charge is 0.0455 e. The van der Waals surface area contributed by atoms with Crippen LogP contribution in [0.5, 0.6) is 0 Å². The highest BCUT2D eigenvalue weighted by atomic mass is 14.9. The molecule has 2 atom stereocenters. The Morgan fingerprint density at radius 1 is 1.07 bits per heavy atom. The predicted molar refractivity (Wildman–Crippen MR) is 63.3 cm³/mol. The lowest BCUT2D eigenvalue weighted by molar-refractivity contribution is 0.819. The molecule has 1 nitrogen and oxygen atoms in total. The Hall–Kier alpha value is -1.50. The van der Waals surface area contributed by atoms with E-state index in [9.17, 15) is 0 Å². The molecule has 1 fully saturated rings. The first-order chi connectivity index (χ1) is 7.43. The molecule has 0 bridgehead atoms. The van der Waals surface area contributed by atoms with E-state index in [1.54, 1.807) is 5.56 Å². The Morgan fingerprint density at radius 2 is 2.00 bits per heavy atom. The largest absolute Gasteiger partial charge is 0.384 e. The minimum atomic E-state index is 0.853. The lowest BCUT2D eigenvalue weighted by Gasteiger charge is -2.19. The molecule has 74 valence electrons. The Kier molecular flexibility index (Phi) is 1.31. The highest BCUT2D eigenvalue weighted by molar-refractivity contribution is 5.96. The Morgan fingerprint density at radius 3 is 3.00 bits per heavy atom. The first-order valence-electron chi connectivity index (χ1n) is 5.69. The van der Waals surface area contributed by atoms with Crippen LogP contribution in [0.15, 0.2) is 36.4 Å². The molecule has 0 spiro atoms. The van der Waals surface area contributed by atoms with Gasteiger partial charge in [-0.3, -0.25) is 0 Å². The summed E-state index contributed by atoms with van der Waals surface area (Å²) in [5.41, 5.74) is 2.94. The van der Waals surface area contributed by atoms with E-state index >= 15 is 0 Å². The zero-order chi connectivity index (χ0) is 9.83. The first-order valence-corrected chi connectivity index (χ1v) is 5.69. The van der Waals surface area contributed by atoms with Gasteiger partial charge in [0.1, 0.15) is 0 Å². The summed E-state index contributed by atoms with van der Waals surface area (Å²) in [6.45, 7) is 1.17. The summed E-state index contributed by atoms with van der Waals surface area (Å²) in [5.74, 6) is 1.77. The van der Waals surface area contributed by atoms with Gasteiger partial charge in [-0.05, 0) is 29.2 Å². The van der Waals surface area contributed by atoms with Crippen LogP contribution in [0.25, 0.3) is 10.8 Å². The molecule has 2 aromatic rings. The van der Waals surface area contributed by atoms with Crippen molar-refractivity contribution in [3.63, 3.8) is 0 Å². The molecular formula is C14H13N. The van der Waals surface area contributed by atoms with Crippen molar-refractivity contribution in [2.75, 3.05) is 11.9 Å². The lowest BCUT2D eigenvalue weighted by Crippen LogP contribution is -2.11. The first kappa shape index (κ1) is 7.75. The summed E-state index contributed by atoms with van der Waals surface area (Å²) in [7, 11) is 0. The van der Waals surface area contributed by atoms with Gasteiger partial charge in [0.05, 0.1) is 0 Å². The van der Waals surface area contributed by atoms with E-state index in [2.05, 4.69) is 41.7 Å². The maximum atomic E-state index is 3.60. The van der Waals surface area contributed by atoms with Gasteiger partial charge in [0.15, 0.2) is 0 Å². The average Bonchev–Trinajstić information content (AvgIpc) is 3.07. The van der Waals surface area contributed by atoms with E-state index in [0.29, 0.717) is 0 Å². The molecular weight excluding hydrogens is 182 g/mol. The number of nitrogens with one attached hydrogen (secondary N) is 1. The topological polar surface area (TPSA) is 12.0 Å². The molecule has 0 amide bonds. The van der Waals surface area contributed by atoms with E-state index in [4.69, 9.17) is 0 Å². The number of hydrogen-bond donors (Lipinski definition) is 1. The molecule has 1 saturated carbocycles. The van der Waals surface area contributed by atoms with Gasteiger partial charge in [-0.25, -0.2) is 0 Å². The van der Waals surface area contributed by atoms with Gasteiger partial charge in [-0.15, -0.1) is 0 Å². The van der Waals surface area contributed by atoms with Gasteiger partial charge >= 0.3 is 0 Å². The fraction of sp³-hybridized carbons (Fsp3) is 0.286. The Balaban J connectivity index is 2.07. The minimum absolute atomic E-state index is 0.853. The van der Waals surface area contributed by atoms with Gasteiger partial charge in [0, 0.05) is 17.6 Å². The maximum Gasteiger partial charge on any atom is 0.0455 e. The van der Waals surface area contributed by atoms with Gasteiger partial charge in [-0.2, -0.15) is 0 Å². The van der Waals surface area contributed by atoms with Crippen LogP contribution in [-0.2, 0) is 0 Å². The summed E-state index contributed by atoms with van der Waals surface area (Å²) in [5, 5.41) is 6.34. The Bertz CT molecular complexity index is 544. The van der Waals surface area contributed by atoms with Crippen molar-refractivity contribution in [2.45, 2.75) is 12.3 Å². The number of anilines is 1. The van der Waals surface area contributed by atoms with Crippen molar-refractivity contribution in [1.82, 2.24) is 0 Å². The molecule has 1 heterocycles. The third-order valence-corrected chi connectivity index (χ3v) is 3.82. The third kappa shape index (κ3) is 0.980. The molecule has 4 rings (SSSR count). The summed E-state index contributed by atoms with van der Waals surface area (Å²) < 4.78 is 0. The number of fused-ring (bicyclic) bond motifs is 5. The zero-order valence-electron chi connectivity index (χ0n) is 8.53. The molecule has 1 aliphatic heterocycles. The number of rotatable bonds is 0. The van der Waals surface area contributed by atoms with Crippen molar-refractivity contribution in [3.05, 3.63) is 42.0 Å². The maximum absolute atomic E-state index is 3.60. The molecule has 2 aromatic carbocycles. The third-order valence-electron chi connectivity index (χ3n) is 3.82. The van der Waals surface area contributed by atoms with E-state index in [0.717, 1.165) is 11.8 Å². The van der Waals surface area contributed by atoms with E-state index in [-0.39, 0.29) is 0 Å². The van der Waals surface area contributed by atoms with Crippen LogP contribution in [-0.4, -0.2) is 6.54 Å². The standard InChI is InChI=1S/C14H13N/c1-2-4-11-9(3-1)5-6-12-13-7-10(13)8-15-14(11)12/h1-6,10,13,15H,7-8H2. The van der Waals surface area contributed by atoms with Crippen molar-refractivity contribution in [1.29, 1.82) is 0 Å². The monoisotopic (exact) mass is 195 g/mol. The van der Waals surface area contributed by atoms with Crippen LogP contribution in [0.4, 0.5) is 5.69 Å². The van der Waals surface area contributed by atoms with E-state index in [1.807, 2.05) is 0 Å². The van der Waals surface area contributed by atoms with Crippen molar-refractivity contribution >= 4 is 16.5 Å². The van der Waals surface area contributed by atoms with Crippen LogP contribution in [0.1, 0.15) is 17.9 Å². The molecule has 0 aromatic heterocycles. The van der Waals surface area contributed by atoms with Crippen LogP contribution in [0.2, 0.25) is 0 Å². The van der Waals surface area contributed by atoms with Gasteiger partial charge in [0.25, 0.3) is 0 Å². The molecule has 2 aliphatic rings. The van der Waals surface area contributed by atoms with Crippen molar-refractivity contribution in [2.24, 2.45) is 5.92 Å². The zero-order valence-corrected chi connectivity index (χ0v) is 8.53. The number of benzene rings is 2. The second kappa shape index (κ2) is 2.54. The normalized spacial score (nSPS) is 26.7. The summed E-state index contributed by atoms with van der Waals surface area (Å²) >= 11 is 0. The summed E-state index contributed by atoms with van der Waals surface area (Å²) in [4.78, 5) is 0. The van der Waals surface area contributed by atoms with E-state index < -0.39 is 0 Å². The fourth-order valence-corrected chi connectivity index (χ4v) is 2.88. The summed E-state index contributed by atoms with van der Waals surface area (Å²) in [6, 6.07) is 13.2. The molecule has 15 heavy (non-hydrogen) atoms. The van der Waals surface area contributed by atoms with Crippen LogP contribution >= 0.6 is 0 Å². The van der Waals surface area contributed by atoms with Crippen LogP contribution < -0.4 is 5.32 Å². The molecule has 0 saturated heterocycles. The molecule has 1 N–H and O–H groups in total. The summed E-state index contributed by atoms with van der Waals surface area (Å²) in [6.07, 6.45) is 1.39. The van der Waals surface area contributed by atoms with Crippen LogP contribution in [0, 0.1) is 5.92 Å². The second-order valence-corrected chi connectivity index (χ2v) is 4.73. The second-order valence-electron chi connectivity index (χ2n) is 4.73. The quantitative estimate of drug-likeness (QED) is 0.679. The average molecular weight is 195 g/mol. The highest BCUT2D eigenvalue weighted by Crippen LogP contribution is 2.53. The lowest BCUT2D eigenvalue weighted by atomic mass is 9.97. The van der Waals surface area contributed by atoms with Crippen molar-refractivity contribution < 1.29 is 0 Å². The van der Waals surface area contributed by atoms with Crippen molar-refractivity contribution in [3.8, 4) is 0 Å². The highest BCUT2D eigenvalue weighted by Gasteiger charge is 2.42. The van der Waals surface area contributed by atoms with Gasteiger partial charge in [-0.1, -0.05) is 36.4 Å². The van der Waals surface area contributed by atoms with E-state index in [1.165, 1.54) is 29.4 Å². The Labute approximate surface area is 89.1 Å². The predicted octanol–water partition coefficient (Wildman–Crippen LogP) is 3.37. The van der Waals surface area contributed by atoms with Crippen LogP contribution in [0.3, 0.4) is 0 Å². The van der Waals surface area contributed by atoms with Gasteiger partial charge < -0.3 is 5.32 Å². The number of hydrogen-bond acceptors (Lipinski definition) is 1. The minimum Gasteiger partial charge on any atom is -0.384 e. The fourth-order valence-electron chi connectivity index (χ4n) is 2.88. The SMILES string of the molecule is c1ccc2c3c(ccc2c1)C1CC1CN3. The van der Waals surface area contributed by atoms with Gasteiger partial charge in [0.2, 0.25) is 0 Å². The molecule has 1 heteroatoms.